The van der Waals surface area contributed by atoms with Gasteiger partial charge in [-0.1, -0.05) is 13.0 Å². The average Bonchev–Trinajstić information content (AvgIpc) is 2.46. The van der Waals surface area contributed by atoms with Crippen molar-refractivity contribution in [2.24, 2.45) is 5.41 Å². The number of piperidine rings is 1. The molecule has 1 aromatic rings. The summed E-state index contributed by atoms with van der Waals surface area (Å²) in [5.74, 6) is -1.13. The smallest absolute Gasteiger partial charge is 0.292 e. The molecule has 1 saturated heterocycles. The predicted molar refractivity (Wildman–Crippen MR) is 78.5 cm³/mol. The van der Waals surface area contributed by atoms with Crippen molar-refractivity contribution in [3.8, 4) is 0 Å². The molecule has 1 fully saturated rings. The highest BCUT2D eigenvalue weighted by Gasteiger charge is 2.33. The van der Waals surface area contributed by atoms with Crippen LogP contribution in [-0.4, -0.2) is 33.0 Å². The normalized spacial score (nSPS) is 18.1. The van der Waals surface area contributed by atoms with Gasteiger partial charge in [-0.05, 0) is 37.4 Å². The number of hydrogen-bond acceptors (Lipinski definition) is 5. The summed E-state index contributed by atoms with van der Waals surface area (Å²) in [6, 6.07) is 2.98. The van der Waals surface area contributed by atoms with Crippen LogP contribution in [0.25, 0.3) is 0 Å². The molecule has 1 heterocycles. The van der Waals surface area contributed by atoms with Crippen molar-refractivity contribution < 1.29 is 17.7 Å². The fourth-order valence-electron chi connectivity index (χ4n) is 2.46. The lowest BCUT2D eigenvalue weighted by molar-refractivity contribution is -0.388. The fourth-order valence-corrected chi connectivity index (χ4v) is 3.88. The number of nitrogens with one attached hydrogen (secondary N) is 2. The van der Waals surface area contributed by atoms with Crippen LogP contribution in [-0.2, 0) is 10.0 Å². The maximum atomic E-state index is 13.8. The molecular weight excluding hydrogens is 313 g/mol. The first-order valence-electron chi connectivity index (χ1n) is 6.88. The van der Waals surface area contributed by atoms with Crippen molar-refractivity contribution in [1.29, 1.82) is 0 Å². The van der Waals surface area contributed by atoms with Gasteiger partial charge in [-0.15, -0.1) is 0 Å². The van der Waals surface area contributed by atoms with Crippen LogP contribution in [0.3, 0.4) is 0 Å². The van der Waals surface area contributed by atoms with Crippen LogP contribution >= 0.6 is 0 Å². The summed E-state index contributed by atoms with van der Waals surface area (Å²) in [4.78, 5) is 9.12. The van der Waals surface area contributed by atoms with Crippen molar-refractivity contribution in [3.63, 3.8) is 0 Å². The third kappa shape index (κ3) is 3.60. The number of halogens is 1. The number of rotatable bonds is 5. The third-order valence-corrected chi connectivity index (χ3v) is 5.38. The van der Waals surface area contributed by atoms with Crippen LogP contribution < -0.4 is 10.0 Å². The molecule has 2 N–H and O–H groups in total. The van der Waals surface area contributed by atoms with E-state index < -0.39 is 31.3 Å². The lowest BCUT2D eigenvalue weighted by Gasteiger charge is -2.34. The summed E-state index contributed by atoms with van der Waals surface area (Å²) < 4.78 is 40.7. The molecule has 122 valence electrons. The van der Waals surface area contributed by atoms with E-state index in [9.17, 15) is 22.9 Å². The molecule has 0 spiro atoms. The van der Waals surface area contributed by atoms with E-state index in [4.69, 9.17) is 0 Å². The summed E-state index contributed by atoms with van der Waals surface area (Å²) >= 11 is 0. The van der Waals surface area contributed by atoms with E-state index in [0.717, 1.165) is 44.1 Å². The van der Waals surface area contributed by atoms with Gasteiger partial charge in [0, 0.05) is 12.6 Å². The number of nitro groups is 1. The zero-order chi connectivity index (χ0) is 16.4. The minimum Gasteiger partial charge on any atom is -0.317 e. The number of benzene rings is 1. The molecule has 1 aliphatic heterocycles. The molecule has 0 radical (unpaired) electrons. The van der Waals surface area contributed by atoms with Gasteiger partial charge in [0.15, 0.2) is 4.90 Å². The Kier molecular flexibility index (Phi) is 4.78. The minimum atomic E-state index is -4.29. The van der Waals surface area contributed by atoms with Crippen molar-refractivity contribution in [1.82, 2.24) is 10.0 Å². The van der Waals surface area contributed by atoms with Crippen LogP contribution in [0, 0.1) is 21.3 Å². The lowest BCUT2D eigenvalue weighted by Crippen LogP contribution is -2.43. The van der Waals surface area contributed by atoms with E-state index in [1.807, 2.05) is 6.92 Å². The molecule has 0 aliphatic carbocycles. The number of hydrogen-bond donors (Lipinski definition) is 2. The average molecular weight is 331 g/mol. The van der Waals surface area contributed by atoms with Gasteiger partial charge in [0.25, 0.3) is 5.69 Å². The topological polar surface area (TPSA) is 101 Å². The molecule has 1 aliphatic rings. The van der Waals surface area contributed by atoms with Crippen LogP contribution in [0.5, 0.6) is 0 Å². The zero-order valence-corrected chi connectivity index (χ0v) is 13.0. The molecule has 0 unspecified atom stereocenters. The highest BCUT2D eigenvalue weighted by atomic mass is 32.2. The first kappa shape index (κ1) is 16.8. The lowest BCUT2D eigenvalue weighted by atomic mass is 9.81. The second kappa shape index (κ2) is 6.27. The van der Waals surface area contributed by atoms with E-state index in [-0.39, 0.29) is 12.0 Å². The zero-order valence-electron chi connectivity index (χ0n) is 12.1. The summed E-state index contributed by atoms with van der Waals surface area (Å²) in [5.41, 5.74) is -1.01. The Morgan fingerprint density at radius 3 is 2.64 bits per heavy atom. The molecule has 0 atom stereocenters. The first-order chi connectivity index (χ1) is 10.3. The van der Waals surface area contributed by atoms with Crippen molar-refractivity contribution >= 4 is 15.7 Å². The molecule has 0 amide bonds. The Morgan fingerprint density at radius 2 is 2.05 bits per heavy atom. The van der Waals surface area contributed by atoms with Crippen LogP contribution in [0.2, 0.25) is 0 Å². The molecular formula is C13H18FN3O4S. The fraction of sp³-hybridized carbons (Fsp3) is 0.538. The Morgan fingerprint density at radius 1 is 1.41 bits per heavy atom. The van der Waals surface area contributed by atoms with Crippen LogP contribution in [0.1, 0.15) is 19.8 Å². The molecule has 1 aromatic carbocycles. The first-order valence-corrected chi connectivity index (χ1v) is 8.37. The molecule has 7 nitrogen and oxygen atoms in total. The maximum absolute atomic E-state index is 13.8. The van der Waals surface area contributed by atoms with E-state index in [1.165, 1.54) is 0 Å². The molecule has 0 bridgehead atoms. The second-order valence-electron chi connectivity index (χ2n) is 5.73. The largest absolute Gasteiger partial charge is 0.317 e. The van der Waals surface area contributed by atoms with Gasteiger partial charge in [0.2, 0.25) is 10.0 Å². The monoisotopic (exact) mass is 331 g/mol. The minimum absolute atomic E-state index is 0.114. The Bertz CT molecular complexity index is 672. The Hall–Kier alpha value is -1.58. The number of nitrogens with zero attached hydrogens (tertiary/aromatic N) is 1. The summed E-state index contributed by atoms with van der Waals surface area (Å²) in [6.07, 6.45) is 1.55. The molecule has 2 rings (SSSR count). The van der Waals surface area contributed by atoms with Crippen LogP contribution in [0.4, 0.5) is 10.1 Å². The highest BCUT2D eigenvalue weighted by Crippen LogP contribution is 2.29. The predicted octanol–water partition coefficient (Wildman–Crippen LogP) is 1.40. The quantitative estimate of drug-likeness (QED) is 0.627. The molecule has 0 saturated carbocycles. The van der Waals surface area contributed by atoms with Gasteiger partial charge < -0.3 is 5.32 Å². The van der Waals surface area contributed by atoms with E-state index in [2.05, 4.69) is 10.0 Å². The molecule has 0 aromatic heterocycles. The molecule has 22 heavy (non-hydrogen) atoms. The SMILES string of the molecule is CC1(CNS(=O)(=O)c2c(F)cccc2[N+](=O)[O-])CCNCC1. The Balaban J connectivity index is 2.26. The summed E-state index contributed by atoms with van der Waals surface area (Å²) in [5, 5.41) is 14.1. The molecule has 9 heteroatoms. The van der Waals surface area contributed by atoms with Crippen molar-refractivity contribution in [2.75, 3.05) is 19.6 Å². The third-order valence-electron chi connectivity index (χ3n) is 3.91. The van der Waals surface area contributed by atoms with Gasteiger partial charge in [0.05, 0.1) is 4.92 Å². The summed E-state index contributed by atoms with van der Waals surface area (Å²) in [6.45, 7) is 3.60. The van der Waals surface area contributed by atoms with E-state index >= 15 is 0 Å². The number of nitro benzene ring substituents is 1. The highest BCUT2D eigenvalue weighted by molar-refractivity contribution is 7.89. The van der Waals surface area contributed by atoms with Gasteiger partial charge >= 0.3 is 0 Å². The standard InChI is InChI=1S/C13H18FN3O4S/c1-13(5-7-15-8-6-13)9-16-22(20,21)12-10(14)3-2-4-11(12)17(18)19/h2-4,15-16H,5-9H2,1H3. The van der Waals surface area contributed by atoms with Gasteiger partial charge in [-0.3, -0.25) is 10.1 Å². The van der Waals surface area contributed by atoms with E-state index in [1.54, 1.807) is 0 Å². The van der Waals surface area contributed by atoms with Gasteiger partial charge in [-0.2, -0.15) is 0 Å². The number of sulfonamides is 1. The van der Waals surface area contributed by atoms with Gasteiger partial charge in [0.1, 0.15) is 5.82 Å². The van der Waals surface area contributed by atoms with Crippen LogP contribution in [0.15, 0.2) is 23.1 Å². The summed E-state index contributed by atoms with van der Waals surface area (Å²) in [7, 11) is -4.29. The van der Waals surface area contributed by atoms with Crippen molar-refractivity contribution in [3.05, 3.63) is 34.1 Å². The maximum Gasteiger partial charge on any atom is 0.292 e. The van der Waals surface area contributed by atoms with E-state index in [0.29, 0.717) is 0 Å². The van der Waals surface area contributed by atoms with Crippen molar-refractivity contribution in [2.45, 2.75) is 24.7 Å². The second-order valence-corrected chi connectivity index (χ2v) is 7.43. The van der Waals surface area contributed by atoms with Gasteiger partial charge in [-0.25, -0.2) is 17.5 Å². The Labute approximate surface area is 128 Å².